The van der Waals surface area contributed by atoms with Crippen LogP contribution in [0.2, 0.25) is 0 Å². The summed E-state index contributed by atoms with van der Waals surface area (Å²) in [4.78, 5) is 12.0. The lowest BCUT2D eigenvalue weighted by molar-refractivity contribution is 0.0945. The first-order chi connectivity index (χ1) is 9.11. The number of carbonyl (C=O) groups excluding carboxylic acids is 1. The Balaban J connectivity index is 1.92. The van der Waals surface area contributed by atoms with Crippen molar-refractivity contribution < 1.29 is 4.79 Å². The molecule has 3 N–H and O–H groups in total. The van der Waals surface area contributed by atoms with Crippen LogP contribution in [0.25, 0.3) is 0 Å². The predicted octanol–water partition coefficient (Wildman–Crippen LogP) is 0.191. The Morgan fingerprint density at radius 1 is 1.53 bits per heavy atom. The summed E-state index contributed by atoms with van der Waals surface area (Å²) in [5, 5.41) is 10.6. The van der Waals surface area contributed by atoms with Gasteiger partial charge in [-0.15, -0.1) is 10.2 Å². The fourth-order valence-electron chi connectivity index (χ4n) is 1.90. The van der Waals surface area contributed by atoms with Crippen molar-refractivity contribution in [1.29, 1.82) is 0 Å². The number of nitrogen functional groups attached to an aromatic ring is 1. The number of amides is 1. The summed E-state index contributed by atoms with van der Waals surface area (Å²) in [5.41, 5.74) is 6.87. The van der Waals surface area contributed by atoms with E-state index in [0.29, 0.717) is 30.9 Å². The molecule has 0 saturated heterocycles. The minimum atomic E-state index is -0.124. The zero-order chi connectivity index (χ0) is 13.8. The maximum Gasteiger partial charge on any atom is 0.267 e. The molecule has 0 unspecified atom stereocenters. The van der Waals surface area contributed by atoms with Gasteiger partial charge in [0.05, 0.1) is 5.69 Å². The van der Waals surface area contributed by atoms with E-state index in [-0.39, 0.29) is 5.91 Å². The third-order valence-corrected chi connectivity index (χ3v) is 2.93. The minimum Gasteiger partial charge on any atom is -0.397 e. The van der Waals surface area contributed by atoms with Gasteiger partial charge in [-0.1, -0.05) is 0 Å². The van der Waals surface area contributed by atoms with Crippen LogP contribution in [0.3, 0.4) is 0 Å². The molecule has 7 nitrogen and oxygen atoms in total. The standard InChI is InChI=1S/C12H18N6O/c1-3-18-7-9(13)6-10(18)12(19)14-5-4-11-16-15-8-17(11)2/h6-8H,3-5,13H2,1-2H3,(H,14,19). The van der Waals surface area contributed by atoms with E-state index >= 15 is 0 Å². The van der Waals surface area contributed by atoms with Crippen LogP contribution in [0.1, 0.15) is 23.2 Å². The van der Waals surface area contributed by atoms with E-state index in [9.17, 15) is 4.79 Å². The van der Waals surface area contributed by atoms with Crippen LogP contribution in [-0.2, 0) is 20.0 Å². The van der Waals surface area contributed by atoms with E-state index in [0.717, 1.165) is 5.82 Å². The quantitative estimate of drug-likeness (QED) is 0.804. The molecule has 0 radical (unpaired) electrons. The van der Waals surface area contributed by atoms with Gasteiger partial charge in [0.15, 0.2) is 0 Å². The zero-order valence-electron chi connectivity index (χ0n) is 11.1. The first kappa shape index (κ1) is 13.1. The minimum absolute atomic E-state index is 0.124. The van der Waals surface area contributed by atoms with Crippen molar-refractivity contribution in [3.8, 4) is 0 Å². The van der Waals surface area contributed by atoms with E-state index in [2.05, 4.69) is 15.5 Å². The lowest BCUT2D eigenvalue weighted by Crippen LogP contribution is -2.28. The summed E-state index contributed by atoms with van der Waals surface area (Å²) >= 11 is 0. The van der Waals surface area contributed by atoms with E-state index in [1.807, 2.05) is 23.1 Å². The predicted molar refractivity (Wildman–Crippen MR) is 71.6 cm³/mol. The van der Waals surface area contributed by atoms with E-state index < -0.39 is 0 Å². The van der Waals surface area contributed by atoms with Crippen LogP contribution in [0.5, 0.6) is 0 Å². The molecule has 2 rings (SSSR count). The summed E-state index contributed by atoms with van der Waals surface area (Å²) in [6.45, 7) is 3.19. The molecule has 2 heterocycles. The summed E-state index contributed by atoms with van der Waals surface area (Å²) in [5.74, 6) is 0.714. The van der Waals surface area contributed by atoms with Crippen LogP contribution in [0.15, 0.2) is 18.6 Å². The molecule has 2 aromatic heterocycles. The number of aryl methyl sites for hydroxylation is 2. The summed E-state index contributed by atoms with van der Waals surface area (Å²) in [7, 11) is 1.88. The highest BCUT2D eigenvalue weighted by Crippen LogP contribution is 2.10. The van der Waals surface area contributed by atoms with Crippen LogP contribution >= 0.6 is 0 Å². The topological polar surface area (TPSA) is 90.8 Å². The Morgan fingerprint density at radius 2 is 2.32 bits per heavy atom. The summed E-state index contributed by atoms with van der Waals surface area (Å²) in [6.07, 6.45) is 4.04. The number of hydrogen-bond donors (Lipinski definition) is 2. The fourth-order valence-corrected chi connectivity index (χ4v) is 1.90. The highest BCUT2D eigenvalue weighted by Gasteiger charge is 2.11. The molecular weight excluding hydrogens is 244 g/mol. The van der Waals surface area contributed by atoms with Gasteiger partial charge in [0.1, 0.15) is 17.8 Å². The molecule has 0 bridgehead atoms. The van der Waals surface area contributed by atoms with Gasteiger partial charge in [-0.3, -0.25) is 4.79 Å². The molecule has 2 aromatic rings. The Bertz CT molecular complexity index is 571. The number of nitrogens with two attached hydrogens (primary N) is 1. The molecule has 0 spiro atoms. The van der Waals surface area contributed by atoms with Crippen molar-refractivity contribution in [2.24, 2.45) is 7.05 Å². The van der Waals surface area contributed by atoms with Crippen LogP contribution in [0.4, 0.5) is 5.69 Å². The normalized spacial score (nSPS) is 10.6. The molecule has 0 aromatic carbocycles. The maximum absolute atomic E-state index is 12.0. The molecule has 0 aliphatic carbocycles. The van der Waals surface area contributed by atoms with Crippen molar-refractivity contribution in [3.05, 3.63) is 30.1 Å². The van der Waals surface area contributed by atoms with E-state index in [1.54, 1.807) is 18.6 Å². The van der Waals surface area contributed by atoms with Crippen LogP contribution in [-0.4, -0.2) is 31.8 Å². The second-order valence-electron chi connectivity index (χ2n) is 4.31. The molecule has 102 valence electrons. The lowest BCUT2D eigenvalue weighted by atomic mass is 10.3. The number of nitrogens with zero attached hydrogens (tertiary/aromatic N) is 4. The SMILES string of the molecule is CCn1cc(N)cc1C(=O)NCCc1nncn1C. The number of hydrogen-bond acceptors (Lipinski definition) is 4. The number of aromatic nitrogens is 4. The molecule has 0 fully saturated rings. The lowest BCUT2D eigenvalue weighted by Gasteiger charge is -2.07. The first-order valence-corrected chi connectivity index (χ1v) is 6.18. The Hall–Kier alpha value is -2.31. The van der Waals surface area contributed by atoms with Crippen molar-refractivity contribution in [2.45, 2.75) is 19.9 Å². The average molecular weight is 262 g/mol. The molecule has 19 heavy (non-hydrogen) atoms. The van der Waals surface area contributed by atoms with Gasteiger partial charge in [-0.05, 0) is 13.0 Å². The fraction of sp³-hybridized carbons (Fsp3) is 0.417. The molecule has 0 saturated carbocycles. The molecule has 0 atom stereocenters. The second kappa shape index (κ2) is 5.55. The Labute approximate surface area is 111 Å². The summed E-state index contributed by atoms with van der Waals surface area (Å²) < 4.78 is 3.66. The molecule has 0 aliphatic heterocycles. The average Bonchev–Trinajstić information content (AvgIpc) is 2.95. The van der Waals surface area contributed by atoms with Gasteiger partial charge in [0.25, 0.3) is 5.91 Å². The van der Waals surface area contributed by atoms with E-state index in [4.69, 9.17) is 5.73 Å². The maximum atomic E-state index is 12.0. The second-order valence-corrected chi connectivity index (χ2v) is 4.31. The Kier molecular flexibility index (Phi) is 3.84. The highest BCUT2D eigenvalue weighted by atomic mass is 16.1. The third kappa shape index (κ3) is 2.93. The smallest absolute Gasteiger partial charge is 0.267 e. The van der Waals surface area contributed by atoms with Gasteiger partial charge in [0, 0.05) is 32.8 Å². The molecule has 7 heteroatoms. The van der Waals surface area contributed by atoms with Crippen molar-refractivity contribution in [3.63, 3.8) is 0 Å². The van der Waals surface area contributed by atoms with Crippen LogP contribution in [0, 0.1) is 0 Å². The summed E-state index contributed by atoms with van der Waals surface area (Å²) in [6, 6.07) is 1.68. The molecular formula is C12H18N6O. The molecule has 0 aliphatic rings. The number of carbonyl (C=O) groups is 1. The molecule has 1 amide bonds. The van der Waals surface area contributed by atoms with E-state index in [1.165, 1.54) is 0 Å². The van der Waals surface area contributed by atoms with Crippen molar-refractivity contribution >= 4 is 11.6 Å². The number of nitrogens with one attached hydrogen (secondary N) is 1. The largest absolute Gasteiger partial charge is 0.397 e. The van der Waals surface area contributed by atoms with Gasteiger partial charge < -0.3 is 20.2 Å². The van der Waals surface area contributed by atoms with Crippen LogP contribution < -0.4 is 11.1 Å². The van der Waals surface area contributed by atoms with Crippen molar-refractivity contribution in [1.82, 2.24) is 24.6 Å². The van der Waals surface area contributed by atoms with Gasteiger partial charge >= 0.3 is 0 Å². The third-order valence-electron chi connectivity index (χ3n) is 2.93. The number of rotatable bonds is 5. The van der Waals surface area contributed by atoms with Crippen molar-refractivity contribution in [2.75, 3.05) is 12.3 Å². The van der Waals surface area contributed by atoms with Gasteiger partial charge in [0.2, 0.25) is 0 Å². The number of anilines is 1. The highest BCUT2D eigenvalue weighted by molar-refractivity contribution is 5.93. The zero-order valence-corrected chi connectivity index (χ0v) is 11.1. The Morgan fingerprint density at radius 3 is 2.95 bits per heavy atom. The van der Waals surface area contributed by atoms with Gasteiger partial charge in [-0.25, -0.2) is 0 Å². The monoisotopic (exact) mass is 262 g/mol. The van der Waals surface area contributed by atoms with Gasteiger partial charge in [-0.2, -0.15) is 0 Å². The first-order valence-electron chi connectivity index (χ1n) is 6.18.